The molecule has 2 aromatic rings. The molecular weight excluding hydrogens is 516 g/mol. The summed E-state index contributed by atoms with van der Waals surface area (Å²) in [5.41, 5.74) is 16.0. The molecule has 0 heteroatoms. The number of rotatable bonds is 2. The molecule has 10 rings (SSSR count). The normalized spacial score (nSPS) is 32.2. The SMILES string of the molecule is C1=CCCC(C2=Cc3c4c5c(c6cc(C7=CCCC=C7)ccc36)C=CCC5C3(C5CC=CC=C5C5=CC=CCC53)C4C2)=C1. The van der Waals surface area contributed by atoms with Crippen LogP contribution < -0.4 is 0 Å². The Morgan fingerprint density at radius 2 is 1.40 bits per heavy atom. The van der Waals surface area contributed by atoms with Gasteiger partial charge < -0.3 is 0 Å². The zero-order valence-corrected chi connectivity index (χ0v) is 24.9. The summed E-state index contributed by atoms with van der Waals surface area (Å²) in [5, 5.41) is 2.93. The summed E-state index contributed by atoms with van der Waals surface area (Å²) in [5.74, 6) is 2.32. The van der Waals surface area contributed by atoms with Gasteiger partial charge in [-0.25, -0.2) is 0 Å². The first-order chi connectivity index (χ1) is 21.3. The lowest BCUT2D eigenvalue weighted by Crippen LogP contribution is -2.41. The Kier molecular flexibility index (Phi) is 5.17. The molecule has 1 fully saturated rings. The van der Waals surface area contributed by atoms with Gasteiger partial charge in [0.05, 0.1) is 0 Å². The molecule has 8 aliphatic carbocycles. The second kappa shape index (κ2) is 9.06. The van der Waals surface area contributed by atoms with Gasteiger partial charge in [-0.3, -0.25) is 0 Å². The minimum Gasteiger partial charge on any atom is -0.0842 e. The maximum Gasteiger partial charge on any atom is -0.000975 e. The van der Waals surface area contributed by atoms with E-state index in [0.717, 1.165) is 19.3 Å². The minimum absolute atomic E-state index is 0.225. The van der Waals surface area contributed by atoms with Gasteiger partial charge in [0.1, 0.15) is 0 Å². The Hall–Kier alpha value is -3.90. The molecule has 0 bridgehead atoms. The van der Waals surface area contributed by atoms with Crippen molar-refractivity contribution in [2.45, 2.75) is 63.2 Å². The fourth-order valence-corrected chi connectivity index (χ4v) is 10.9. The average Bonchev–Trinajstić information content (AvgIpc) is 3.56. The number of allylic oxidation sites excluding steroid dienone is 18. The molecule has 0 N–H and O–H groups in total. The lowest BCUT2D eigenvalue weighted by atomic mass is 9.54. The first-order valence-electron chi connectivity index (χ1n) is 16.8. The van der Waals surface area contributed by atoms with Gasteiger partial charge in [0.25, 0.3) is 0 Å². The molecule has 2 aromatic carbocycles. The van der Waals surface area contributed by atoms with Crippen LogP contribution in [-0.2, 0) is 0 Å². The number of hydrogen-bond donors (Lipinski definition) is 0. The second-order valence-electron chi connectivity index (χ2n) is 14.0. The molecule has 0 heterocycles. The van der Waals surface area contributed by atoms with Gasteiger partial charge in [0.15, 0.2) is 0 Å². The van der Waals surface area contributed by atoms with E-state index in [1.54, 1.807) is 39.0 Å². The van der Waals surface area contributed by atoms with E-state index < -0.39 is 0 Å². The molecule has 0 nitrogen and oxygen atoms in total. The van der Waals surface area contributed by atoms with Crippen LogP contribution in [0.5, 0.6) is 0 Å². The number of benzene rings is 2. The number of fused-ring (bicyclic) bond motifs is 10. The monoisotopic (exact) mass is 554 g/mol. The van der Waals surface area contributed by atoms with Crippen molar-refractivity contribution < 1.29 is 0 Å². The molecule has 8 aliphatic rings. The maximum absolute atomic E-state index is 2.65. The highest BCUT2D eigenvalue weighted by molar-refractivity contribution is 6.03. The van der Waals surface area contributed by atoms with Gasteiger partial charge in [0.2, 0.25) is 0 Å². The molecule has 0 aromatic heterocycles. The molecule has 43 heavy (non-hydrogen) atoms. The van der Waals surface area contributed by atoms with Crippen LogP contribution in [0.25, 0.3) is 28.5 Å². The Bertz CT molecular complexity index is 1900. The standard InChI is InChI=1S/C43H38/c1-3-12-27(13-4-1)29-22-23-31-35(24-29)34-18-11-21-39-41(34)42-36(31)25-30(28-14-5-2-6-15-28)26-40(42)43(39)37-19-9-7-16-32(37)33-17-8-10-20-38(33)43/h2-3,5,7-14,16-18,22-25,37-40H,1,4,6,15,19-21,26H2. The lowest BCUT2D eigenvalue weighted by molar-refractivity contribution is 0.0846. The molecule has 0 aliphatic heterocycles. The fraction of sp³-hybridized carbons (Fsp3) is 0.302. The average molecular weight is 555 g/mol. The maximum atomic E-state index is 2.65. The zero-order valence-electron chi connectivity index (χ0n) is 24.9. The van der Waals surface area contributed by atoms with Crippen molar-refractivity contribution in [2.75, 3.05) is 0 Å². The summed E-state index contributed by atoms with van der Waals surface area (Å²) in [6.07, 6.45) is 45.9. The molecule has 1 spiro atoms. The summed E-state index contributed by atoms with van der Waals surface area (Å²) in [4.78, 5) is 0. The van der Waals surface area contributed by atoms with Crippen LogP contribution in [0.2, 0.25) is 0 Å². The van der Waals surface area contributed by atoms with Crippen LogP contribution >= 0.6 is 0 Å². The third kappa shape index (κ3) is 3.17. The predicted octanol–water partition coefficient (Wildman–Crippen LogP) is 11.2. The molecule has 0 saturated heterocycles. The van der Waals surface area contributed by atoms with Crippen molar-refractivity contribution in [1.82, 2.24) is 0 Å². The molecule has 4 atom stereocenters. The molecule has 0 amide bonds. The summed E-state index contributed by atoms with van der Waals surface area (Å²) < 4.78 is 0. The Balaban J connectivity index is 1.28. The van der Waals surface area contributed by atoms with E-state index in [-0.39, 0.29) is 5.41 Å². The van der Waals surface area contributed by atoms with E-state index in [1.807, 2.05) is 0 Å². The summed E-state index contributed by atoms with van der Waals surface area (Å²) >= 11 is 0. The molecule has 4 unspecified atom stereocenters. The van der Waals surface area contributed by atoms with Gasteiger partial charge in [-0.15, -0.1) is 0 Å². The lowest BCUT2D eigenvalue weighted by Gasteiger charge is -2.48. The van der Waals surface area contributed by atoms with Crippen molar-refractivity contribution in [2.24, 2.45) is 17.3 Å². The van der Waals surface area contributed by atoms with Gasteiger partial charge in [-0.2, -0.15) is 0 Å². The van der Waals surface area contributed by atoms with E-state index in [0.29, 0.717) is 23.7 Å². The summed E-state index contributed by atoms with van der Waals surface area (Å²) in [6.45, 7) is 0. The van der Waals surface area contributed by atoms with E-state index in [4.69, 9.17) is 0 Å². The van der Waals surface area contributed by atoms with E-state index in [2.05, 4.69) is 109 Å². The summed E-state index contributed by atoms with van der Waals surface area (Å²) in [6, 6.07) is 7.42. The summed E-state index contributed by atoms with van der Waals surface area (Å²) in [7, 11) is 0. The van der Waals surface area contributed by atoms with Crippen molar-refractivity contribution >= 4 is 28.5 Å². The Morgan fingerprint density at radius 1 is 0.605 bits per heavy atom. The minimum atomic E-state index is 0.225. The van der Waals surface area contributed by atoms with Crippen LogP contribution in [0.4, 0.5) is 0 Å². The third-order valence-corrected chi connectivity index (χ3v) is 12.4. The van der Waals surface area contributed by atoms with Crippen LogP contribution in [0, 0.1) is 17.3 Å². The molecule has 0 radical (unpaired) electrons. The van der Waals surface area contributed by atoms with Gasteiger partial charge in [-0.05, 0) is 153 Å². The van der Waals surface area contributed by atoms with Crippen molar-refractivity contribution in [3.05, 3.63) is 147 Å². The van der Waals surface area contributed by atoms with Crippen molar-refractivity contribution in [3.63, 3.8) is 0 Å². The van der Waals surface area contributed by atoms with Crippen LogP contribution in [0.3, 0.4) is 0 Å². The van der Waals surface area contributed by atoms with Gasteiger partial charge in [-0.1, -0.05) is 103 Å². The van der Waals surface area contributed by atoms with E-state index >= 15 is 0 Å². The largest absolute Gasteiger partial charge is 0.0842 e. The Labute approximate surface area is 255 Å². The van der Waals surface area contributed by atoms with Crippen LogP contribution in [-0.4, -0.2) is 0 Å². The van der Waals surface area contributed by atoms with E-state index in [1.165, 1.54) is 59.6 Å². The highest BCUT2D eigenvalue weighted by Gasteiger charge is 2.66. The first-order valence-corrected chi connectivity index (χ1v) is 16.8. The predicted molar refractivity (Wildman–Crippen MR) is 182 cm³/mol. The van der Waals surface area contributed by atoms with Crippen LogP contribution in [0.15, 0.2) is 119 Å². The third-order valence-electron chi connectivity index (χ3n) is 12.4. The highest BCUT2D eigenvalue weighted by atomic mass is 14.7. The van der Waals surface area contributed by atoms with Crippen LogP contribution in [0.1, 0.15) is 91.0 Å². The smallest absolute Gasteiger partial charge is 0.000975 e. The fourth-order valence-electron chi connectivity index (χ4n) is 10.9. The topological polar surface area (TPSA) is 0 Å². The Morgan fingerprint density at radius 3 is 2.16 bits per heavy atom. The van der Waals surface area contributed by atoms with Crippen molar-refractivity contribution in [1.29, 1.82) is 0 Å². The zero-order chi connectivity index (χ0) is 28.1. The number of hydrogen-bond acceptors (Lipinski definition) is 0. The molecule has 1 saturated carbocycles. The van der Waals surface area contributed by atoms with Gasteiger partial charge in [0, 0.05) is 0 Å². The molecular formula is C43H38. The van der Waals surface area contributed by atoms with Crippen molar-refractivity contribution in [3.8, 4) is 0 Å². The first kappa shape index (κ1) is 24.5. The highest BCUT2D eigenvalue weighted by Crippen LogP contribution is 2.77. The van der Waals surface area contributed by atoms with Gasteiger partial charge >= 0.3 is 0 Å². The molecule has 210 valence electrons. The second-order valence-corrected chi connectivity index (χ2v) is 14.0. The van der Waals surface area contributed by atoms with E-state index in [9.17, 15) is 0 Å². The quantitative estimate of drug-likeness (QED) is 0.346.